The SMILES string of the molecule is N#Cc1cc(Cl)ccc1OCC(=O)c1cccnc1Cl. The van der Waals surface area contributed by atoms with E-state index in [1.165, 1.54) is 12.3 Å². The van der Waals surface area contributed by atoms with Crippen LogP contribution in [0.3, 0.4) is 0 Å². The number of ketones is 1. The molecule has 0 aliphatic rings. The third-order valence-corrected chi connectivity index (χ3v) is 3.02. The van der Waals surface area contributed by atoms with Crippen LogP contribution >= 0.6 is 23.2 Å². The molecule has 2 rings (SSSR count). The summed E-state index contributed by atoms with van der Waals surface area (Å²) in [5.41, 5.74) is 0.546. The van der Waals surface area contributed by atoms with Gasteiger partial charge in [0.05, 0.1) is 11.1 Å². The standard InChI is InChI=1S/C14H8Cl2N2O2/c15-10-3-4-13(9(6-10)7-17)20-8-12(19)11-2-1-5-18-14(11)16/h1-6H,8H2. The van der Waals surface area contributed by atoms with Crippen LogP contribution in [0.5, 0.6) is 5.75 Å². The number of rotatable bonds is 4. The van der Waals surface area contributed by atoms with Crippen molar-refractivity contribution in [3.63, 3.8) is 0 Å². The van der Waals surface area contributed by atoms with Gasteiger partial charge in [0.15, 0.2) is 6.61 Å². The monoisotopic (exact) mass is 306 g/mol. The Kier molecular flexibility index (Phi) is 4.57. The van der Waals surface area contributed by atoms with E-state index in [-0.39, 0.29) is 28.7 Å². The molecule has 0 aliphatic carbocycles. The number of Topliss-reactive ketones (excluding diaryl/α,β-unsaturated/α-hetero) is 1. The smallest absolute Gasteiger partial charge is 0.203 e. The highest BCUT2D eigenvalue weighted by Gasteiger charge is 2.13. The minimum absolute atomic E-state index is 0.123. The maximum absolute atomic E-state index is 11.9. The normalized spacial score (nSPS) is 9.85. The molecule has 0 fully saturated rings. The van der Waals surface area contributed by atoms with Crippen LogP contribution in [0.2, 0.25) is 10.2 Å². The number of carbonyl (C=O) groups excluding carboxylic acids is 1. The first-order chi connectivity index (χ1) is 9.61. The zero-order valence-corrected chi connectivity index (χ0v) is 11.6. The van der Waals surface area contributed by atoms with E-state index in [0.29, 0.717) is 10.8 Å². The van der Waals surface area contributed by atoms with Gasteiger partial charge in [-0.1, -0.05) is 23.2 Å². The summed E-state index contributed by atoms with van der Waals surface area (Å²) in [4.78, 5) is 15.8. The van der Waals surface area contributed by atoms with Crippen molar-refractivity contribution in [1.29, 1.82) is 5.26 Å². The molecule has 0 atom stereocenters. The average molecular weight is 307 g/mol. The maximum atomic E-state index is 11.9. The highest BCUT2D eigenvalue weighted by atomic mass is 35.5. The van der Waals surface area contributed by atoms with Crippen LogP contribution < -0.4 is 4.74 Å². The number of halogens is 2. The van der Waals surface area contributed by atoms with Gasteiger partial charge in [0.1, 0.15) is 17.0 Å². The Morgan fingerprint density at radius 1 is 1.35 bits per heavy atom. The van der Waals surface area contributed by atoms with Crippen molar-refractivity contribution >= 4 is 29.0 Å². The first kappa shape index (κ1) is 14.3. The van der Waals surface area contributed by atoms with E-state index in [9.17, 15) is 4.79 Å². The number of nitrogens with zero attached hydrogens (tertiary/aromatic N) is 2. The van der Waals surface area contributed by atoms with Crippen LogP contribution in [0.1, 0.15) is 15.9 Å². The second-order valence-corrected chi connectivity index (χ2v) is 4.60. The quantitative estimate of drug-likeness (QED) is 0.640. The van der Waals surface area contributed by atoms with Crippen LogP contribution in [0.25, 0.3) is 0 Å². The molecule has 6 heteroatoms. The summed E-state index contributed by atoms with van der Waals surface area (Å²) in [6.07, 6.45) is 1.49. The lowest BCUT2D eigenvalue weighted by Crippen LogP contribution is -2.13. The van der Waals surface area contributed by atoms with Crippen molar-refractivity contribution in [2.45, 2.75) is 0 Å². The zero-order chi connectivity index (χ0) is 14.5. The number of benzene rings is 1. The number of ether oxygens (including phenoxy) is 1. The molecule has 1 aromatic carbocycles. The summed E-state index contributed by atoms with van der Waals surface area (Å²) in [7, 11) is 0. The molecular weight excluding hydrogens is 299 g/mol. The summed E-state index contributed by atoms with van der Waals surface area (Å²) in [5.74, 6) is -0.0211. The number of nitriles is 1. The Hall–Kier alpha value is -2.09. The van der Waals surface area contributed by atoms with Crippen LogP contribution in [0.15, 0.2) is 36.5 Å². The molecule has 20 heavy (non-hydrogen) atoms. The molecule has 0 N–H and O–H groups in total. The van der Waals surface area contributed by atoms with Crippen molar-refractivity contribution in [1.82, 2.24) is 4.98 Å². The van der Waals surface area contributed by atoms with Gasteiger partial charge >= 0.3 is 0 Å². The largest absolute Gasteiger partial charge is 0.484 e. The van der Waals surface area contributed by atoms with E-state index in [4.69, 9.17) is 33.2 Å². The van der Waals surface area contributed by atoms with Gasteiger partial charge in [-0.25, -0.2) is 4.98 Å². The van der Waals surface area contributed by atoms with Crippen molar-refractivity contribution in [3.05, 3.63) is 57.8 Å². The third kappa shape index (κ3) is 3.27. The molecular formula is C14H8Cl2N2O2. The highest BCUT2D eigenvalue weighted by molar-refractivity contribution is 6.32. The first-order valence-corrected chi connectivity index (χ1v) is 6.33. The molecule has 0 bridgehead atoms. The molecule has 2 aromatic rings. The van der Waals surface area contributed by atoms with Gasteiger partial charge < -0.3 is 4.74 Å². The van der Waals surface area contributed by atoms with Crippen molar-refractivity contribution in [2.75, 3.05) is 6.61 Å². The Labute approximate surface area is 125 Å². The number of aromatic nitrogens is 1. The Morgan fingerprint density at radius 3 is 2.85 bits per heavy atom. The van der Waals surface area contributed by atoms with Gasteiger partial charge in [0, 0.05) is 11.2 Å². The number of pyridine rings is 1. The number of hydrogen-bond acceptors (Lipinski definition) is 4. The summed E-state index contributed by atoms with van der Waals surface area (Å²) < 4.78 is 5.34. The number of hydrogen-bond donors (Lipinski definition) is 0. The lowest BCUT2D eigenvalue weighted by Gasteiger charge is -2.08. The van der Waals surface area contributed by atoms with E-state index >= 15 is 0 Å². The first-order valence-electron chi connectivity index (χ1n) is 5.58. The molecule has 0 aliphatic heterocycles. The maximum Gasteiger partial charge on any atom is 0.203 e. The van der Waals surface area contributed by atoms with Crippen LogP contribution in [0, 0.1) is 11.3 Å². The highest BCUT2D eigenvalue weighted by Crippen LogP contribution is 2.22. The Bertz CT molecular complexity index is 696. The van der Waals surface area contributed by atoms with Gasteiger partial charge in [-0.05, 0) is 30.3 Å². The van der Waals surface area contributed by atoms with E-state index in [1.807, 2.05) is 6.07 Å². The molecule has 0 amide bonds. The van der Waals surface area contributed by atoms with E-state index < -0.39 is 0 Å². The minimum Gasteiger partial charge on any atom is -0.484 e. The molecule has 1 aromatic heterocycles. The lowest BCUT2D eigenvalue weighted by atomic mass is 10.2. The third-order valence-electron chi connectivity index (χ3n) is 2.48. The van der Waals surface area contributed by atoms with E-state index in [2.05, 4.69) is 4.98 Å². The van der Waals surface area contributed by atoms with Gasteiger partial charge in [0.25, 0.3) is 0 Å². The predicted octanol–water partition coefficient (Wildman–Crippen LogP) is 3.52. The minimum atomic E-state index is -0.318. The van der Waals surface area contributed by atoms with Crippen LogP contribution in [-0.4, -0.2) is 17.4 Å². The second-order valence-electron chi connectivity index (χ2n) is 3.81. The summed E-state index contributed by atoms with van der Waals surface area (Å²) >= 11 is 11.6. The average Bonchev–Trinajstić information content (AvgIpc) is 2.46. The van der Waals surface area contributed by atoms with Gasteiger partial charge in [-0.15, -0.1) is 0 Å². The molecule has 4 nitrogen and oxygen atoms in total. The number of carbonyl (C=O) groups is 1. The lowest BCUT2D eigenvalue weighted by molar-refractivity contribution is 0.0921. The van der Waals surface area contributed by atoms with E-state index in [0.717, 1.165) is 0 Å². The van der Waals surface area contributed by atoms with Crippen molar-refractivity contribution in [2.24, 2.45) is 0 Å². The molecule has 0 radical (unpaired) electrons. The Morgan fingerprint density at radius 2 is 2.15 bits per heavy atom. The Balaban J connectivity index is 2.12. The van der Waals surface area contributed by atoms with Crippen molar-refractivity contribution < 1.29 is 9.53 Å². The fourth-order valence-corrected chi connectivity index (χ4v) is 1.93. The van der Waals surface area contributed by atoms with Gasteiger partial charge in [0.2, 0.25) is 5.78 Å². The van der Waals surface area contributed by atoms with Crippen molar-refractivity contribution in [3.8, 4) is 11.8 Å². The summed E-state index contributed by atoms with van der Waals surface area (Å²) in [6, 6.07) is 9.72. The van der Waals surface area contributed by atoms with Gasteiger partial charge in [-0.2, -0.15) is 5.26 Å². The topological polar surface area (TPSA) is 63.0 Å². The van der Waals surface area contributed by atoms with Gasteiger partial charge in [-0.3, -0.25) is 4.79 Å². The second kappa shape index (κ2) is 6.38. The molecule has 0 saturated heterocycles. The summed E-state index contributed by atoms with van der Waals surface area (Å²) in [6.45, 7) is -0.234. The fourth-order valence-electron chi connectivity index (χ4n) is 1.53. The molecule has 0 unspecified atom stereocenters. The van der Waals surface area contributed by atoms with Crippen LogP contribution in [0.4, 0.5) is 0 Å². The molecule has 0 saturated carbocycles. The molecule has 0 spiro atoms. The molecule has 1 heterocycles. The van der Waals surface area contributed by atoms with Crippen LogP contribution in [-0.2, 0) is 0 Å². The van der Waals surface area contributed by atoms with E-state index in [1.54, 1.807) is 24.3 Å². The summed E-state index contributed by atoms with van der Waals surface area (Å²) in [5, 5.41) is 9.51. The predicted molar refractivity (Wildman–Crippen MR) is 75.2 cm³/mol. The zero-order valence-electron chi connectivity index (χ0n) is 10.1. The fraction of sp³-hybridized carbons (Fsp3) is 0.0714. The molecule has 100 valence electrons.